The highest BCUT2D eigenvalue weighted by atomic mass is 79.9. The average Bonchev–Trinajstić information content (AvgIpc) is 2.49. The van der Waals surface area contributed by atoms with Gasteiger partial charge in [0, 0.05) is 42.2 Å². The third-order valence-corrected chi connectivity index (χ3v) is 5.50. The van der Waals surface area contributed by atoms with Gasteiger partial charge in [0.05, 0.1) is 0 Å². The van der Waals surface area contributed by atoms with Gasteiger partial charge in [0.15, 0.2) is 0 Å². The molecule has 4 heteroatoms. The van der Waals surface area contributed by atoms with Crippen molar-refractivity contribution in [2.75, 3.05) is 26.2 Å². The number of nitrogens with two attached hydrogens (primary N) is 1. The van der Waals surface area contributed by atoms with Crippen molar-refractivity contribution in [2.24, 2.45) is 5.73 Å². The zero-order valence-corrected chi connectivity index (χ0v) is 14.4. The fourth-order valence-corrected chi connectivity index (χ4v) is 4.20. The highest BCUT2D eigenvalue weighted by Crippen LogP contribution is 2.30. The molecular weight excluding hydrogens is 326 g/mol. The van der Waals surface area contributed by atoms with Crippen LogP contribution in [0.15, 0.2) is 28.7 Å². The molecule has 1 aromatic carbocycles. The third kappa shape index (κ3) is 3.50. The Kier molecular flexibility index (Phi) is 4.99. The van der Waals surface area contributed by atoms with Crippen molar-refractivity contribution in [1.82, 2.24) is 9.80 Å². The first kappa shape index (κ1) is 15.5. The first-order valence-corrected chi connectivity index (χ1v) is 8.93. The van der Waals surface area contributed by atoms with E-state index in [1.807, 2.05) is 0 Å². The Balaban J connectivity index is 1.76. The Morgan fingerprint density at radius 3 is 2.62 bits per heavy atom. The Morgan fingerprint density at radius 2 is 1.90 bits per heavy atom. The lowest BCUT2D eigenvalue weighted by atomic mass is 9.94. The van der Waals surface area contributed by atoms with E-state index in [-0.39, 0.29) is 6.04 Å². The minimum Gasteiger partial charge on any atom is -0.326 e. The van der Waals surface area contributed by atoms with Crippen LogP contribution in [0.5, 0.6) is 0 Å². The predicted octanol–water partition coefficient (Wildman–Crippen LogP) is 3.01. The van der Waals surface area contributed by atoms with Crippen molar-refractivity contribution in [3.05, 3.63) is 34.3 Å². The van der Waals surface area contributed by atoms with Crippen molar-refractivity contribution in [1.29, 1.82) is 0 Å². The summed E-state index contributed by atoms with van der Waals surface area (Å²) in [6.45, 7) is 6.94. The summed E-state index contributed by atoms with van der Waals surface area (Å²) in [4.78, 5) is 5.29. The fraction of sp³-hybridized carbons (Fsp3) is 0.647. The molecule has 0 bridgehead atoms. The predicted molar refractivity (Wildman–Crippen MR) is 91.3 cm³/mol. The first-order valence-electron chi connectivity index (χ1n) is 8.14. The van der Waals surface area contributed by atoms with Crippen LogP contribution in [0.25, 0.3) is 0 Å². The monoisotopic (exact) mass is 351 g/mol. The minimum atomic E-state index is 0.154. The molecule has 2 aliphatic heterocycles. The molecule has 2 N–H and O–H groups in total. The highest BCUT2D eigenvalue weighted by Gasteiger charge is 2.33. The Hall–Kier alpha value is -0.420. The summed E-state index contributed by atoms with van der Waals surface area (Å²) in [6.07, 6.45) is 4.11. The number of piperidine rings is 1. The van der Waals surface area contributed by atoms with Gasteiger partial charge in [-0.2, -0.15) is 0 Å². The standard InChI is InChI=1S/C17H26BrN3/c1-13(19)17(14-5-7-15(18)8-6-14)21-11-10-20-9-3-2-4-16(20)12-21/h5-8,13,16-17H,2-4,9-12,19H2,1H3. The van der Waals surface area contributed by atoms with Crippen molar-refractivity contribution in [3.63, 3.8) is 0 Å². The molecule has 0 aromatic heterocycles. The number of hydrogen-bond donors (Lipinski definition) is 1. The number of halogens is 1. The number of rotatable bonds is 3. The molecular formula is C17H26BrN3. The molecule has 0 saturated carbocycles. The number of hydrogen-bond acceptors (Lipinski definition) is 3. The van der Waals surface area contributed by atoms with Gasteiger partial charge in [-0.05, 0) is 44.0 Å². The van der Waals surface area contributed by atoms with Crippen LogP contribution < -0.4 is 5.73 Å². The van der Waals surface area contributed by atoms with E-state index < -0.39 is 0 Å². The summed E-state index contributed by atoms with van der Waals surface area (Å²) in [5.74, 6) is 0. The molecule has 3 unspecified atom stereocenters. The number of piperazine rings is 1. The van der Waals surface area contributed by atoms with E-state index in [9.17, 15) is 0 Å². The fourth-order valence-electron chi connectivity index (χ4n) is 3.94. The molecule has 0 radical (unpaired) electrons. The lowest BCUT2D eigenvalue weighted by Crippen LogP contribution is -2.57. The molecule has 2 aliphatic rings. The van der Waals surface area contributed by atoms with Crippen LogP contribution in [0, 0.1) is 0 Å². The Labute approximate surface area is 136 Å². The topological polar surface area (TPSA) is 32.5 Å². The molecule has 2 saturated heterocycles. The van der Waals surface area contributed by atoms with Gasteiger partial charge in [0.25, 0.3) is 0 Å². The van der Waals surface area contributed by atoms with Gasteiger partial charge in [-0.15, -0.1) is 0 Å². The highest BCUT2D eigenvalue weighted by molar-refractivity contribution is 9.10. The zero-order chi connectivity index (χ0) is 14.8. The van der Waals surface area contributed by atoms with E-state index >= 15 is 0 Å². The molecule has 116 valence electrons. The number of fused-ring (bicyclic) bond motifs is 1. The van der Waals surface area contributed by atoms with Gasteiger partial charge < -0.3 is 5.73 Å². The average molecular weight is 352 g/mol. The zero-order valence-electron chi connectivity index (χ0n) is 12.8. The second-order valence-corrected chi connectivity index (χ2v) is 7.45. The van der Waals surface area contributed by atoms with E-state index in [1.54, 1.807) is 0 Å². The van der Waals surface area contributed by atoms with Crippen LogP contribution in [-0.2, 0) is 0 Å². The van der Waals surface area contributed by atoms with Crippen molar-refractivity contribution in [3.8, 4) is 0 Å². The van der Waals surface area contributed by atoms with E-state index in [2.05, 4.69) is 56.9 Å². The maximum absolute atomic E-state index is 6.34. The Bertz CT molecular complexity index is 460. The minimum absolute atomic E-state index is 0.154. The van der Waals surface area contributed by atoms with Crippen LogP contribution in [0.3, 0.4) is 0 Å². The second kappa shape index (κ2) is 6.78. The SMILES string of the molecule is CC(N)C(c1ccc(Br)cc1)N1CCN2CCCCC2C1. The van der Waals surface area contributed by atoms with Crippen LogP contribution in [0.4, 0.5) is 0 Å². The maximum atomic E-state index is 6.34. The molecule has 3 rings (SSSR count). The van der Waals surface area contributed by atoms with Gasteiger partial charge in [-0.1, -0.05) is 34.5 Å². The van der Waals surface area contributed by atoms with E-state index in [1.165, 1.54) is 44.5 Å². The van der Waals surface area contributed by atoms with Crippen LogP contribution in [0.1, 0.15) is 37.8 Å². The molecule has 3 nitrogen and oxygen atoms in total. The second-order valence-electron chi connectivity index (χ2n) is 6.54. The summed E-state index contributed by atoms with van der Waals surface area (Å²) >= 11 is 3.52. The van der Waals surface area contributed by atoms with E-state index in [4.69, 9.17) is 5.73 Å². The molecule has 0 amide bonds. The summed E-state index contributed by atoms with van der Waals surface area (Å²) in [7, 11) is 0. The molecule has 0 aliphatic carbocycles. The third-order valence-electron chi connectivity index (χ3n) is 4.97. The summed E-state index contributed by atoms with van der Waals surface area (Å²) in [5, 5.41) is 0. The Morgan fingerprint density at radius 1 is 1.14 bits per heavy atom. The van der Waals surface area contributed by atoms with Gasteiger partial charge in [0.2, 0.25) is 0 Å². The number of benzene rings is 1. The lowest BCUT2D eigenvalue weighted by molar-refractivity contribution is 0.0220. The van der Waals surface area contributed by atoms with Gasteiger partial charge in [-0.3, -0.25) is 9.80 Å². The van der Waals surface area contributed by atoms with Gasteiger partial charge in [0.1, 0.15) is 0 Å². The largest absolute Gasteiger partial charge is 0.326 e. The van der Waals surface area contributed by atoms with Crippen LogP contribution in [0.2, 0.25) is 0 Å². The number of nitrogens with zero attached hydrogens (tertiary/aromatic N) is 2. The quantitative estimate of drug-likeness (QED) is 0.908. The van der Waals surface area contributed by atoms with Gasteiger partial charge >= 0.3 is 0 Å². The molecule has 2 heterocycles. The van der Waals surface area contributed by atoms with E-state index in [0.29, 0.717) is 6.04 Å². The van der Waals surface area contributed by atoms with E-state index in [0.717, 1.165) is 17.1 Å². The molecule has 2 fully saturated rings. The summed E-state index contributed by atoms with van der Waals surface area (Å²) in [5.41, 5.74) is 7.68. The summed E-state index contributed by atoms with van der Waals surface area (Å²) < 4.78 is 1.13. The van der Waals surface area contributed by atoms with Crippen LogP contribution >= 0.6 is 15.9 Å². The van der Waals surface area contributed by atoms with Crippen molar-refractivity contribution in [2.45, 2.75) is 44.3 Å². The molecule has 1 aromatic rings. The maximum Gasteiger partial charge on any atom is 0.0497 e. The first-order chi connectivity index (χ1) is 10.1. The smallest absolute Gasteiger partial charge is 0.0497 e. The molecule has 0 spiro atoms. The van der Waals surface area contributed by atoms with Gasteiger partial charge in [-0.25, -0.2) is 0 Å². The van der Waals surface area contributed by atoms with Crippen molar-refractivity contribution >= 4 is 15.9 Å². The lowest BCUT2D eigenvalue weighted by Gasteiger charge is -2.47. The summed E-state index contributed by atoms with van der Waals surface area (Å²) in [6, 6.07) is 9.91. The normalized spacial score (nSPS) is 27.1. The molecule has 21 heavy (non-hydrogen) atoms. The van der Waals surface area contributed by atoms with Crippen LogP contribution in [-0.4, -0.2) is 48.1 Å². The molecule has 3 atom stereocenters. The van der Waals surface area contributed by atoms with Crippen molar-refractivity contribution < 1.29 is 0 Å².